The largest absolute Gasteiger partial charge is 0.481 e. The van der Waals surface area contributed by atoms with Crippen molar-refractivity contribution >= 4 is 11.7 Å². The third-order valence-electron chi connectivity index (χ3n) is 3.60. The third-order valence-corrected chi connectivity index (χ3v) is 3.60. The number of hydrogen-bond acceptors (Lipinski definition) is 2. The molecule has 2 rings (SSSR count). The standard InChI is InChI=1S/C15H21NO2/c1-3-7-16-8-6-13-5-4-12(10-14(13)16)9-11(2)15(17)18/h4-5,10-11H,3,6-9H2,1-2H3,(H,17,18). The van der Waals surface area contributed by atoms with Crippen LogP contribution in [0.2, 0.25) is 0 Å². The topological polar surface area (TPSA) is 40.5 Å². The highest BCUT2D eigenvalue weighted by Crippen LogP contribution is 2.29. The number of nitrogens with zero attached hydrogens (tertiary/aromatic N) is 1. The Kier molecular flexibility index (Phi) is 3.90. The molecule has 3 heteroatoms. The third kappa shape index (κ3) is 2.66. The van der Waals surface area contributed by atoms with Gasteiger partial charge in [0.25, 0.3) is 0 Å². The van der Waals surface area contributed by atoms with Crippen LogP contribution in [0.25, 0.3) is 0 Å². The van der Waals surface area contributed by atoms with Crippen LogP contribution in [0, 0.1) is 5.92 Å². The summed E-state index contributed by atoms with van der Waals surface area (Å²) in [6, 6.07) is 6.42. The molecular weight excluding hydrogens is 226 g/mol. The van der Waals surface area contributed by atoms with E-state index in [2.05, 4.69) is 30.0 Å². The summed E-state index contributed by atoms with van der Waals surface area (Å²) in [4.78, 5) is 13.3. The monoisotopic (exact) mass is 247 g/mol. The Hall–Kier alpha value is -1.51. The van der Waals surface area contributed by atoms with Gasteiger partial charge in [-0.2, -0.15) is 0 Å². The van der Waals surface area contributed by atoms with Gasteiger partial charge in [0.1, 0.15) is 0 Å². The van der Waals surface area contributed by atoms with Gasteiger partial charge in [0.05, 0.1) is 5.92 Å². The van der Waals surface area contributed by atoms with Crippen LogP contribution in [0.5, 0.6) is 0 Å². The molecule has 1 atom stereocenters. The molecule has 1 aliphatic rings. The van der Waals surface area contributed by atoms with Crippen molar-refractivity contribution in [2.24, 2.45) is 5.92 Å². The Labute approximate surface area is 108 Å². The number of hydrogen-bond donors (Lipinski definition) is 1. The van der Waals surface area contributed by atoms with E-state index in [0.717, 1.165) is 31.5 Å². The number of anilines is 1. The smallest absolute Gasteiger partial charge is 0.306 e. The highest BCUT2D eigenvalue weighted by atomic mass is 16.4. The van der Waals surface area contributed by atoms with Crippen LogP contribution >= 0.6 is 0 Å². The summed E-state index contributed by atoms with van der Waals surface area (Å²) < 4.78 is 0. The molecule has 1 aliphatic heterocycles. The summed E-state index contributed by atoms with van der Waals surface area (Å²) in [5, 5.41) is 8.96. The number of carbonyl (C=O) groups is 1. The van der Waals surface area contributed by atoms with Gasteiger partial charge < -0.3 is 10.0 Å². The summed E-state index contributed by atoms with van der Waals surface area (Å²) >= 11 is 0. The first-order chi connectivity index (χ1) is 8.61. The van der Waals surface area contributed by atoms with Gasteiger partial charge in [-0.15, -0.1) is 0 Å². The molecule has 0 radical (unpaired) electrons. The Morgan fingerprint density at radius 2 is 2.28 bits per heavy atom. The minimum Gasteiger partial charge on any atom is -0.481 e. The molecule has 1 aromatic rings. The first kappa shape index (κ1) is 12.9. The summed E-state index contributed by atoms with van der Waals surface area (Å²) in [7, 11) is 0. The van der Waals surface area contributed by atoms with Crippen LogP contribution in [-0.2, 0) is 17.6 Å². The predicted octanol–water partition coefficient (Wildman–Crippen LogP) is 2.72. The minimum atomic E-state index is -0.721. The lowest BCUT2D eigenvalue weighted by molar-refractivity contribution is -0.141. The molecule has 3 nitrogen and oxygen atoms in total. The fraction of sp³-hybridized carbons (Fsp3) is 0.533. The maximum atomic E-state index is 10.9. The van der Waals surface area contributed by atoms with Crippen molar-refractivity contribution < 1.29 is 9.90 Å². The highest BCUT2D eigenvalue weighted by molar-refractivity contribution is 5.70. The Bertz CT molecular complexity index is 440. The van der Waals surface area contributed by atoms with Crippen LogP contribution < -0.4 is 4.90 Å². The molecular formula is C15H21NO2. The first-order valence-electron chi connectivity index (χ1n) is 6.71. The number of rotatable bonds is 5. The van der Waals surface area contributed by atoms with Gasteiger partial charge >= 0.3 is 5.97 Å². The molecule has 0 amide bonds. The molecule has 0 saturated heterocycles. The minimum absolute atomic E-state index is 0.316. The number of benzene rings is 1. The van der Waals surface area contributed by atoms with Gasteiger partial charge in [0.2, 0.25) is 0 Å². The molecule has 0 aliphatic carbocycles. The van der Waals surface area contributed by atoms with E-state index in [-0.39, 0.29) is 5.92 Å². The predicted molar refractivity (Wildman–Crippen MR) is 73.2 cm³/mol. The second kappa shape index (κ2) is 5.42. The van der Waals surface area contributed by atoms with Crippen LogP contribution in [0.1, 0.15) is 31.4 Å². The molecule has 0 fully saturated rings. The molecule has 0 spiro atoms. The van der Waals surface area contributed by atoms with Crippen molar-refractivity contribution in [3.05, 3.63) is 29.3 Å². The van der Waals surface area contributed by atoms with Crippen molar-refractivity contribution in [2.45, 2.75) is 33.1 Å². The Morgan fingerprint density at radius 3 is 2.94 bits per heavy atom. The van der Waals surface area contributed by atoms with E-state index in [0.29, 0.717) is 6.42 Å². The Morgan fingerprint density at radius 1 is 1.50 bits per heavy atom. The van der Waals surface area contributed by atoms with Crippen molar-refractivity contribution in [1.82, 2.24) is 0 Å². The van der Waals surface area contributed by atoms with Gasteiger partial charge in [0, 0.05) is 18.8 Å². The lowest BCUT2D eigenvalue weighted by Crippen LogP contribution is -2.21. The first-order valence-corrected chi connectivity index (χ1v) is 6.71. The maximum absolute atomic E-state index is 10.9. The number of fused-ring (bicyclic) bond motifs is 1. The van der Waals surface area contributed by atoms with Crippen LogP contribution in [0.15, 0.2) is 18.2 Å². The van der Waals surface area contributed by atoms with Crippen molar-refractivity contribution in [3.63, 3.8) is 0 Å². The number of carboxylic acid groups (broad SMARTS) is 1. The van der Waals surface area contributed by atoms with Crippen LogP contribution in [0.3, 0.4) is 0 Å². The zero-order valence-electron chi connectivity index (χ0n) is 11.1. The fourth-order valence-corrected chi connectivity index (χ4v) is 2.56. The average molecular weight is 247 g/mol. The normalized spacial score (nSPS) is 15.6. The SMILES string of the molecule is CCCN1CCc2ccc(CC(C)C(=O)O)cc21. The molecule has 1 heterocycles. The summed E-state index contributed by atoms with van der Waals surface area (Å²) in [5.41, 5.74) is 3.84. The van der Waals surface area contributed by atoms with E-state index < -0.39 is 5.97 Å². The van der Waals surface area contributed by atoms with Gasteiger partial charge in [0.15, 0.2) is 0 Å². The Balaban J connectivity index is 2.16. The molecule has 0 aromatic heterocycles. The zero-order valence-corrected chi connectivity index (χ0v) is 11.1. The van der Waals surface area contributed by atoms with Crippen molar-refractivity contribution in [1.29, 1.82) is 0 Å². The quantitative estimate of drug-likeness (QED) is 0.869. The van der Waals surface area contributed by atoms with Gasteiger partial charge in [-0.3, -0.25) is 4.79 Å². The van der Waals surface area contributed by atoms with E-state index in [4.69, 9.17) is 5.11 Å². The molecule has 1 N–H and O–H groups in total. The average Bonchev–Trinajstić information content (AvgIpc) is 2.72. The fourth-order valence-electron chi connectivity index (χ4n) is 2.56. The molecule has 18 heavy (non-hydrogen) atoms. The second-order valence-corrected chi connectivity index (χ2v) is 5.14. The molecule has 1 aromatic carbocycles. The van der Waals surface area contributed by atoms with E-state index in [9.17, 15) is 4.79 Å². The van der Waals surface area contributed by atoms with E-state index in [1.54, 1.807) is 6.92 Å². The molecule has 0 bridgehead atoms. The van der Waals surface area contributed by atoms with E-state index >= 15 is 0 Å². The molecule has 0 saturated carbocycles. The van der Waals surface area contributed by atoms with Gasteiger partial charge in [-0.25, -0.2) is 0 Å². The second-order valence-electron chi connectivity index (χ2n) is 5.14. The van der Waals surface area contributed by atoms with Gasteiger partial charge in [-0.05, 0) is 36.5 Å². The maximum Gasteiger partial charge on any atom is 0.306 e. The lowest BCUT2D eigenvalue weighted by atomic mass is 9.99. The zero-order chi connectivity index (χ0) is 13.1. The molecule has 1 unspecified atom stereocenters. The summed E-state index contributed by atoms with van der Waals surface area (Å²) in [5.74, 6) is -1.04. The van der Waals surface area contributed by atoms with Crippen LogP contribution in [0.4, 0.5) is 5.69 Å². The van der Waals surface area contributed by atoms with E-state index in [1.165, 1.54) is 11.3 Å². The number of aliphatic carboxylic acids is 1. The van der Waals surface area contributed by atoms with Crippen LogP contribution in [-0.4, -0.2) is 24.2 Å². The highest BCUT2D eigenvalue weighted by Gasteiger charge is 2.19. The van der Waals surface area contributed by atoms with Gasteiger partial charge in [-0.1, -0.05) is 26.0 Å². The lowest BCUT2D eigenvalue weighted by Gasteiger charge is -2.19. The van der Waals surface area contributed by atoms with Crippen molar-refractivity contribution in [2.75, 3.05) is 18.0 Å². The number of carboxylic acids is 1. The van der Waals surface area contributed by atoms with Crippen molar-refractivity contribution in [3.8, 4) is 0 Å². The molecule has 98 valence electrons. The summed E-state index contributed by atoms with van der Waals surface area (Å²) in [6.07, 6.45) is 2.88. The van der Waals surface area contributed by atoms with E-state index in [1.807, 2.05) is 0 Å². The summed E-state index contributed by atoms with van der Waals surface area (Å²) in [6.45, 7) is 6.14.